The van der Waals surface area contributed by atoms with Gasteiger partial charge in [-0.2, -0.15) is 0 Å². The van der Waals surface area contributed by atoms with Crippen LogP contribution in [0.3, 0.4) is 0 Å². The predicted octanol–water partition coefficient (Wildman–Crippen LogP) is 4.77. The molecule has 3 rings (SSSR count). The van der Waals surface area contributed by atoms with Crippen molar-refractivity contribution in [3.05, 3.63) is 46.9 Å². The molecule has 0 saturated carbocycles. The SMILES string of the molecule is COc1c2ccccc2c(OC)c2c(Br)cccc12. The summed E-state index contributed by atoms with van der Waals surface area (Å²) in [5, 5.41) is 4.21. The molecule has 0 aromatic heterocycles. The fourth-order valence-corrected chi connectivity index (χ4v) is 3.08. The maximum atomic E-state index is 5.64. The maximum Gasteiger partial charge on any atom is 0.135 e. The fourth-order valence-electron chi connectivity index (χ4n) is 2.53. The zero-order chi connectivity index (χ0) is 13.4. The van der Waals surface area contributed by atoms with Crippen molar-refractivity contribution in [2.75, 3.05) is 14.2 Å². The van der Waals surface area contributed by atoms with Gasteiger partial charge in [-0.15, -0.1) is 0 Å². The first kappa shape index (κ1) is 12.3. The van der Waals surface area contributed by atoms with Crippen molar-refractivity contribution in [2.45, 2.75) is 0 Å². The van der Waals surface area contributed by atoms with Gasteiger partial charge in [0.2, 0.25) is 0 Å². The Bertz CT molecular complexity index is 765. The molecular formula is C16H13BrO2. The first-order valence-electron chi connectivity index (χ1n) is 5.99. The molecule has 0 saturated heterocycles. The number of hydrogen-bond acceptors (Lipinski definition) is 2. The second-order valence-corrected chi connectivity index (χ2v) is 5.13. The molecule has 0 fully saturated rings. The number of halogens is 1. The van der Waals surface area contributed by atoms with Crippen LogP contribution in [0.1, 0.15) is 0 Å². The molecule has 96 valence electrons. The Hall–Kier alpha value is -1.74. The Labute approximate surface area is 120 Å². The van der Waals surface area contributed by atoms with Gasteiger partial charge in [-0.05, 0) is 6.07 Å². The molecule has 0 amide bonds. The van der Waals surface area contributed by atoms with Crippen molar-refractivity contribution >= 4 is 37.5 Å². The zero-order valence-corrected chi connectivity index (χ0v) is 12.3. The van der Waals surface area contributed by atoms with Crippen LogP contribution < -0.4 is 9.47 Å². The Balaban J connectivity index is 2.65. The van der Waals surface area contributed by atoms with E-state index in [2.05, 4.69) is 28.1 Å². The average molecular weight is 317 g/mol. The van der Waals surface area contributed by atoms with Gasteiger partial charge in [0.05, 0.1) is 14.2 Å². The van der Waals surface area contributed by atoms with Gasteiger partial charge in [-0.3, -0.25) is 0 Å². The molecule has 0 aliphatic heterocycles. The van der Waals surface area contributed by atoms with Gasteiger partial charge in [0.25, 0.3) is 0 Å². The van der Waals surface area contributed by atoms with Crippen LogP contribution in [0.15, 0.2) is 46.9 Å². The van der Waals surface area contributed by atoms with E-state index in [1.807, 2.05) is 30.3 Å². The van der Waals surface area contributed by atoms with Gasteiger partial charge in [-0.25, -0.2) is 0 Å². The summed E-state index contributed by atoms with van der Waals surface area (Å²) in [7, 11) is 3.40. The maximum absolute atomic E-state index is 5.64. The lowest BCUT2D eigenvalue weighted by Gasteiger charge is -2.15. The number of rotatable bonds is 2. The third-order valence-corrected chi connectivity index (χ3v) is 3.97. The van der Waals surface area contributed by atoms with Crippen molar-refractivity contribution in [3.8, 4) is 11.5 Å². The Morgan fingerprint density at radius 2 is 1.32 bits per heavy atom. The van der Waals surface area contributed by atoms with E-state index in [4.69, 9.17) is 9.47 Å². The van der Waals surface area contributed by atoms with E-state index in [1.165, 1.54) is 0 Å². The Morgan fingerprint density at radius 1 is 0.737 bits per heavy atom. The molecule has 0 bridgehead atoms. The first-order chi connectivity index (χ1) is 9.27. The molecule has 0 radical (unpaired) electrons. The lowest BCUT2D eigenvalue weighted by molar-refractivity contribution is 0.417. The minimum absolute atomic E-state index is 0.874. The highest BCUT2D eigenvalue weighted by Crippen LogP contribution is 2.44. The number of ether oxygens (including phenoxy) is 2. The average Bonchev–Trinajstić information content (AvgIpc) is 2.45. The molecule has 3 aromatic rings. The van der Waals surface area contributed by atoms with E-state index in [0.717, 1.165) is 37.5 Å². The van der Waals surface area contributed by atoms with E-state index in [9.17, 15) is 0 Å². The van der Waals surface area contributed by atoms with E-state index in [1.54, 1.807) is 14.2 Å². The number of hydrogen-bond donors (Lipinski definition) is 0. The molecular weight excluding hydrogens is 304 g/mol. The monoisotopic (exact) mass is 316 g/mol. The van der Waals surface area contributed by atoms with Crippen LogP contribution in [0.25, 0.3) is 21.5 Å². The highest BCUT2D eigenvalue weighted by molar-refractivity contribution is 9.10. The van der Waals surface area contributed by atoms with E-state index in [-0.39, 0.29) is 0 Å². The first-order valence-corrected chi connectivity index (χ1v) is 6.78. The topological polar surface area (TPSA) is 18.5 Å². The van der Waals surface area contributed by atoms with Crippen LogP contribution in [0, 0.1) is 0 Å². The minimum Gasteiger partial charge on any atom is -0.495 e. The molecule has 2 nitrogen and oxygen atoms in total. The molecule has 0 atom stereocenters. The van der Waals surface area contributed by atoms with Crippen LogP contribution in [0.2, 0.25) is 0 Å². The summed E-state index contributed by atoms with van der Waals surface area (Å²) in [6.07, 6.45) is 0. The van der Waals surface area contributed by atoms with E-state index >= 15 is 0 Å². The molecule has 0 heterocycles. The zero-order valence-electron chi connectivity index (χ0n) is 10.7. The van der Waals surface area contributed by atoms with Crippen molar-refractivity contribution < 1.29 is 9.47 Å². The molecule has 19 heavy (non-hydrogen) atoms. The Morgan fingerprint density at radius 3 is 1.95 bits per heavy atom. The van der Waals surface area contributed by atoms with E-state index < -0.39 is 0 Å². The van der Waals surface area contributed by atoms with Gasteiger partial charge >= 0.3 is 0 Å². The van der Waals surface area contributed by atoms with Crippen LogP contribution >= 0.6 is 15.9 Å². The second kappa shape index (κ2) is 4.74. The molecule has 0 aliphatic rings. The molecule has 0 spiro atoms. The summed E-state index contributed by atoms with van der Waals surface area (Å²) in [5.41, 5.74) is 0. The summed E-state index contributed by atoms with van der Waals surface area (Å²) in [5.74, 6) is 1.76. The van der Waals surface area contributed by atoms with Crippen molar-refractivity contribution in [1.82, 2.24) is 0 Å². The fraction of sp³-hybridized carbons (Fsp3) is 0.125. The van der Waals surface area contributed by atoms with Gasteiger partial charge in [0.1, 0.15) is 11.5 Å². The smallest absolute Gasteiger partial charge is 0.135 e. The standard InChI is InChI=1S/C16H13BrO2/c1-18-15-10-6-3-4-7-11(10)16(19-2)14-12(15)8-5-9-13(14)17/h3-9H,1-2H3. The summed E-state index contributed by atoms with van der Waals surface area (Å²) >= 11 is 3.60. The summed E-state index contributed by atoms with van der Waals surface area (Å²) in [6, 6.07) is 14.2. The van der Waals surface area contributed by atoms with Crippen molar-refractivity contribution in [1.29, 1.82) is 0 Å². The van der Waals surface area contributed by atoms with Gasteiger partial charge < -0.3 is 9.47 Å². The lowest BCUT2D eigenvalue weighted by Crippen LogP contribution is -1.93. The highest BCUT2D eigenvalue weighted by atomic mass is 79.9. The molecule has 0 aliphatic carbocycles. The number of fused-ring (bicyclic) bond motifs is 2. The third kappa shape index (κ3) is 1.77. The summed E-state index contributed by atoms with van der Waals surface area (Å²) < 4.78 is 12.3. The molecule has 3 heteroatoms. The van der Waals surface area contributed by atoms with Gasteiger partial charge in [-0.1, -0.05) is 52.3 Å². The summed E-state index contributed by atoms with van der Waals surface area (Å²) in [4.78, 5) is 0. The predicted molar refractivity (Wildman–Crippen MR) is 82.3 cm³/mol. The molecule has 0 unspecified atom stereocenters. The second-order valence-electron chi connectivity index (χ2n) is 4.27. The van der Waals surface area contributed by atoms with Crippen LogP contribution in [-0.4, -0.2) is 14.2 Å². The van der Waals surface area contributed by atoms with Gasteiger partial charge in [0, 0.05) is 26.0 Å². The third-order valence-electron chi connectivity index (χ3n) is 3.31. The van der Waals surface area contributed by atoms with Crippen LogP contribution in [0.4, 0.5) is 0 Å². The molecule has 0 N–H and O–H groups in total. The molecule has 3 aromatic carbocycles. The number of methoxy groups -OCH3 is 2. The van der Waals surface area contributed by atoms with Crippen LogP contribution in [-0.2, 0) is 0 Å². The van der Waals surface area contributed by atoms with Crippen molar-refractivity contribution in [3.63, 3.8) is 0 Å². The largest absolute Gasteiger partial charge is 0.495 e. The van der Waals surface area contributed by atoms with Crippen LogP contribution in [0.5, 0.6) is 11.5 Å². The minimum atomic E-state index is 0.874. The highest BCUT2D eigenvalue weighted by Gasteiger charge is 2.16. The van der Waals surface area contributed by atoms with E-state index in [0.29, 0.717) is 0 Å². The summed E-state index contributed by atoms with van der Waals surface area (Å²) in [6.45, 7) is 0. The van der Waals surface area contributed by atoms with Crippen molar-refractivity contribution in [2.24, 2.45) is 0 Å². The van der Waals surface area contributed by atoms with Gasteiger partial charge in [0.15, 0.2) is 0 Å². The quantitative estimate of drug-likeness (QED) is 0.634. The lowest BCUT2D eigenvalue weighted by atomic mass is 10.0. The normalized spacial score (nSPS) is 10.9. The Kier molecular flexibility index (Phi) is 3.07. The number of benzene rings is 3.